The summed E-state index contributed by atoms with van der Waals surface area (Å²) in [6, 6.07) is 5.58. The summed E-state index contributed by atoms with van der Waals surface area (Å²) in [5.41, 5.74) is 2.37. The largest absolute Gasteiger partial charge is 0.379 e. The standard InChI is InChI=1S/C13H17O4/c1-4-15-7-8-16-17-13(14)12-9-10(2)5-6-11(12)3/h5-6,8-9H,4,7H2,1-3H3. The molecule has 0 saturated carbocycles. The number of benzene rings is 1. The molecule has 0 fully saturated rings. The summed E-state index contributed by atoms with van der Waals surface area (Å²) in [6.45, 7) is 7.81. The summed E-state index contributed by atoms with van der Waals surface area (Å²) < 4.78 is 4.99. The van der Waals surface area contributed by atoms with Crippen LogP contribution in [0.15, 0.2) is 18.2 Å². The van der Waals surface area contributed by atoms with Crippen LogP contribution < -0.4 is 0 Å². The van der Waals surface area contributed by atoms with Crippen molar-refractivity contribution in [2.75, 3.05) is 13.2 Å². The lowest BCUT2D eigenvalue weighted by Gasteiger charge is -2.06. The summed E-state index contributed by atoms with van der Waals surface area (Å²) in [7, 11) is 0. The first kappa shape index (κ1) is 13.7. The Morgan fingerprint density at radius 3 is 2.82 bits per heavy atom. The quantitative estimate of drug-likeness (QED) is 0.433. The maximum atomic E-state index is 11.6. The smallest absolute Gasteiger partial charge is 0.373 e. The van der Waals surface area contributed by atoms with E-state index in [1.165, 1.54) is 6.61 Å². The number of carbonyl (C=O) groups excluding carboxylic acids is 1. The first-order valence-corrected chi connectivity index (χ1v) is 5.49. The van der Waals surface area contributed by atoms with E-state index in [2.05, 4.69) is 9.78 Å². The molecule has 0 atom stereocenters. The zero-order valence-corrected chi connectivity index (χ0v) is 10.4. The number of carbonyl (C=O) groups is 1. The van der Waals surface area contributed by atoms with Gasteiger partial charge in [0.05, 0.1) is 12.2 Å². The van der Waals surface area contributed by atoms with Gasteiger partial charge in [0.2, 0.25) is 0 Å². The molecule has 4 heteroatoms. The predicted octanol–water partition coefficient (Wildman–Crippen LogP) is 2.59. The topological polar surface area (TPSA) is 44.8 Å². The molecule has 1 aromatic carbocycles. The van der Waals surface area contributed by atoms with Gasteiger partial charge in [0.1, 0.15) is 0 Å². The Labute approximate surface area is 101 Å². The number of hydrogen-bond acceptors (Lipinski definition) is 4. The van der Waals surface area contributed by atoms with Crippen molar-refractivity contribution in [2.45, 2.75) is 20.8 Å². The molecule has 0 bridgehead atoms. The van der Waals surface area contributed by atoms with Crippen LogP contribution in [0.4, 0.5) is 0 Å². The van der Waals surface area contributed by atoms with Crippen molar-refractivity contribution in [3.63, 3.8) is 0 Å². The van der Waals surface area contributed by atoms with Crippen LogP contribution in [-0.4, -0.2) is 19.2 Å². The van der Waals surface area contributed by atoms with Gasteiger partial charge in [-0.25, -0.2) is 4.79 Å². The molecule has 0 heterocycles. The summed E-state index contributed by atoms with van der Waals surface area (Å²) in [5, 5.41) is 0. The molecule has 1 radical (unpaired) electrons. The normalized spacial score (nSPS) is 10.3. The van der Waals surface area contributed by atoms with Gasteiger partial charge < -0.3 is 4.74 Å². The third kappa shape index (κ3) is 4.54. The molecule has 0 aliphatic rings. The molecular formula is C13H17O4. The van der Waals surface area contributed by atoms with Gasteiger partial charge in [-0.3, -0.25) is 4.89 Å². The Morgan fingerprint density at radius 2 is 2.12 bits per heavy atom. The second-order valence-corrected chi connectivity index (χ2v) is 3.61. The number of aryl methyl sites for hydroxylation is 2. The molecule has 0 spiro atoms. The van der Waals surface area contributed by atoms with Crippen molar-refractivity contribution in [3.05, 3.63) is 41.5 Å². The molecule has 0 saturated heterocycles. The summed E-state index contributed by atoms with van der Waals surface area (Å²) in [6.07, 6.45) is 0. The highest BCUT2D eigenvalue weighted by molar-refractivity contribution is 5.90. The lowest BCUT2D eigenvalue weighted by molar-refractivity contribution is -0.218. The maximum absolute atomic E-state index is 11.6. The zero-order chi connectivity index (χ0) is 12.7. The highest BCUT2D eigenvalue weighted by atomic mass is 17.2. The van der Waals surface area contributed by atoms with Crippen molar-refractivity contribution < 1.29 is 19.3 Å². The van der Waals surface area contributed by atoms with Gasteiger partial charge >= 0.3 is 5.97 Å². The van der Waals surface area contributed by atoms with Crippen molar-refractivity contribution in [2.24, 2.45) is 0 Å². The SMILES string of the molecule is CCOC[CH]OOC(=O)c1cc(C)ccc1C. The van der Waals surface area contributed by atoms with E-state index in [-0.39, 0.29) is 6.61 Å². The van der Waals surface area contributed by atoms with Crippen LogP contribution in [-0.2, 0) is 14.5 Å². The minimum absolute atomic E-state index is 0.288. The molecule has 17 heavy (non-hydrogen) atoms. The van der Waals surface area contributed by atoms with Gasteiger partial charge in [0.15, 0.2) is 6.61 Å². The molecule has 0 amide bonds. The average Bonchev–Trinajstić information content (AvgIpc) is 2.32. The third-order valence-electron chi connectivity index (χ3n) is 2.19. The van der Waals surface area contributed by atoms with Crippen LogP contribution in [0.2, 0.25) is 0 Å². The molecule has 4 nitrogen and oxygen atoms in total. The summed E-state index contributed by atoms with van der Waals surface area (Å²) in [5.74, 6) is -0.501. The van der Waals surface area contributed by atoms with Crippen LogP contribution in [0.3, 0.4) is 0 Å². The molecule has 1 rings (SSSR count). The van der Waals surface area contributed by atoms with E-state index in [0.29, 0.717) is 12.2 Å². The molecular weight excluding hydrogens is 220 g/mol. The molecule has 0 aliphatic carbocycles. The summed E-state index contributed by atoms with van der Waals surface area (Å²) in [4.78, 5) is 20.9. The Hall–Kier alpha value is -1.39. The van der Waals surface area contributed by atoms with E-state index < -0.39 is 5.97 Å². The van der Waals surface area contributed by atoms with E-state index in [4.69, 9.17) is 4.74 Å². The number of rotatable bonds is 6. The van der Waals surface area contributed by atoms with Crippen molar-refractivity contribution in [1.29, 1.82) is 0 Å². The Kier molecular flexibility index (Phi) is 5.66. The first-order chi connectivity index (χ1) is 8.15. The van der Waals surface area contributed by atoms with Crippen LogP contribution in [0.25, 0.3) is 0 Å². The van der Waals surface area contributed by atoms with Crippen molar-refractivity contribution >= 4 is 5.97 Å². The molecule has 0 N–H and O–H groups in total. The Balaban J connectivity index is 2.44. The average molecular weight is 237 g/mol. The number of hydrogen-bond donors (Lipinski definition) is 0. The minimum atomic E-state index is -0.501. The lowest BCUT2D eigenvalue weighted by atomic mass is 10.1. The fraction of sp³-hybridized carbons (Fsp3) is 0.385. The predicted molar refractivity (Wildman–Crippen MR) is 63.2 cm³/mol. The maximum Gasteiger partial charge on any atom is 0.373 e. The summed E-state index contributed by atoms with van der Waals surface area (Å²) >= 11 is 0. The van der Waals surface area contributed by atoms with Gasteiger partial charge in [0, 0.05) is 6.61 Å². The minimum Gasteiger partial charge on any atom is -0.379 e. The van der Waals surface area contributed by atoms with Gasteiger partial charge in [-0.15, -0.1) is 0 Å². The van der Waals surface area contributed by atoms with Crippen LogP contribution in [0.5, 0.6) is 0 Å². The van der Waals surface area contributed by atoms with Gasteiger partial charge in [-0.2, -0.15) is 4.89 Å². The van der Waals surface area contributed by atoms with Crippen LogP contribution >= 0.6 is 0 Å². The van der Waals surface area contributed by atoms with E-state index in [1.54, 1.807) is 6.07 Å². The molecule has 93 valence electrons. The second kappa shape index (κ2) is 7.04. The van der Waals surface area contributed by atoms with Gasteiger partial charge in [-0.05, 0) is 32.4 Å². The van der Waals surface area contributed by atoms with E-state index in [1.807, 2.05) is 32.9 Å². The van der Waals surface area contributed by atoms with Crippen LogP contribution in [0, 0.1) is 20.5 Å². The lowest BCUT2D eigenvalue weighted by Crippen LogP contribution is -2.08. The second-order valence-electron chi connectivity index (χ2n) is 3.61. The van der Waals surface area contributed by atoms with Gasteiger partial charge in [-0.1, -0.05) is 17.7 Å². The Bertz CT molecular complexity index is 374. The highest BCUT2D eigenvalue weighted by Gasteiger charge is 2.11. The van der Waals surface area contributed by atoms with Crippen LogP contribution in [0.1, 0.15) is 28.4 Å². The van der Waals surface area contributed by atoms with E-state index >= 15 is 0 Å². The fourth-order valence-corrected chi connectivity index (χ4v) is 1.27. The molecule has 0 aliphatic heterocycles. The fourth-order valence-electron chi connectivity index (χ4n) is 1.27. The van der Waals surface area contributed by atoms with Crippen molar-refractivity contribution in [3.8, 4) is 0 Å². The van der Waals surface area contributed by atoms with E-state index in [0.717, 1.165) is 11.1 Å². The highest BCUT2D eigenvalue weighted by Crippen LogP contribution is 2.12. The third-order valence-corrected chi connectivity index (χ3v) is 2.19. The van der Waals surface area contributed by atoms with Crippen molar-refractivity contribution in [1.82, 2.24) is 0 Å². The first-order valence-electron chi connectivity index (χ1n) is 5.49. The molecule has 1 aromatic rings. The zero-order valence-electron chi connectivity index (χ0n) is 10.4. The number of ether oxygens (including phenoxy) is 1. The monoisotopic (exact) mass is 237 g/mol. The molecule has 0 aromatic heterocycles. The van der Waals surface area contributed by atoms with Gasteiger partial charge in [0.25, 0.3) is 0 Å². The Morgan fingerprint density at radius 1 is 1.35 bits per heavy atom. The van der Waals surface area contributed by atoms with E-state index in [9.17, 15) is 4.79 Å². The molecule has 0 unspecified atom stereocenters.